The standard InChI is InChI=1S/C18H15Cl2NO4/c19-13-3-1-12(2-4-13)16(22)9-10-18(24)25-11-17(23)21-15-7-5-14(20)6-8-15/h1-8H,9-11H2,(H,21,23). The maximum atomic E-state index is 11.9. The average Bonchev–Trinajstić information content (AvgIpc) is 2.60. The fourth-order valence-electron chi connectivity index (χ4n) is 1.94. The maximum absolute atomic E-state index is 11.9. The Kier molecular flexibility index (Phi) is 6.98. The first-order valence-corrected chi connectivity index (χ1v) is 8.19. The molecule has 2 aromatic carbocycles. The van der Waals surface area contributed by atoms with Crippen molar-refractivity contribution in [2.45, 2.75) is 12.8 Å². The second-order valence-electron chi connectivity index (χ2n) is 5.15. The molecule has 0 aliphatic rings. The number of nitrogens with one attached hydrogen (secondary N) is 1. The largest absolute Gasteiger partial charge is 0.456 e. The highest BCUT2D eigenvalue weighted by atomic mass is 35.5. The predicted octanol–water partition coefficient (Wildman–Crippen LogP) is 4.14. The molecule has 130 valence electrons. The highest BCUT2D eigenvalue weighted by Crippen LogP contribution is 2.14. The monoisotopic (exact) mass is 379 g/mol. The lowest BCUT2D eigenvalue weighted by Crippen LogP contribution is -2.21. The van der Waals surface area contributed by atoms with Crippen molar-refractivity contribution in [1.29, 1.82) is 0 Å². The van der Waals surface area contributed by atoms with Crippen LogP contribution in [0.3, 0.4) is 0 Å². The summed E-state index contributed by atoms with van der Waals surface area (Å²) >= 11 is 11.5. The minimum atomic E-state index is -0.617. The predicted molar refractivity (Wildman–Crippen MR) is 96.1 cm³/mol. The van der Waals surface area contributed by atoms with Crippen LogP contribution in [0.25, 0.3) is 0 Å². The summed E-state index contributed by atoms with van der Waals surface area (Å²) in [5.74, 6) is -1.28. The molecule has 0 aliphatic carbocycles. The summed E-state index contributed by atoms with van der Waals surface area (Å²) in [6, 6.07) is 12.9. The number of carbonyl (C=O) groups excluding carboxylic acids is 3. The molecular weight excluding hydrogens is 365 g/mol. The number of hydrogen-bond acceptors (Lipinski definition) is 4. The maximum Gasteiger partial charge on any atom is 0.306 e. The van der Waals surface area contributed by atoms with Crippen LogP contribution in [0.4, 0.5) is 5.69 Å². The Labute approximate surface area is 154 Å². The molecule has 0 aromatic heterocycles. The number of amides is 1. The number of Topliss-reactive ketones (excluding diaryl/α,β-unsaturated/α-hetero) is 1. The average molecular weight is 380 g/mol. The topological polar surface area (TPSA) is 72.5 Å². The van der Waals surface area contributed by atoms with Gasteiger partial charge in [-0.15, -0.1) is 0 Å². The van der Waals surface area contributed by atoms with E-state index in [2.05, 4.69) is 5.32 Å². The van der Waals surface area contributed by atoms with Crippen molar-refractivity contribution in [1.82, 2.24) is 0 Å². The normalized spacial score (nSPS) is 10.2. The number of ketones is 1. The first kappa shape index (κ1) is 19.0. The summed E-state index contributed by atoms with van der Waals surface area (Å²) in [6.45, 7) is -0.420. The number of ether oxygens (including phenoxy) is 1. The number of benzene rings is 2. The molecule has 0 saturated heterocycles. The van der Waals surface area contributed by atoms with E-state index in [1.165, 1.54) is 0 Å². The lowest BCUT2D eigenvalue weighted by atomic mass is 10.1. The molecule has 0 fully saturated rings. The summed E-state index contributed by atoms with van der Waals surface area (Å²) in [5.41, 5.74) is 1.01. The Hall–Kier alpha value is -2.37. The van der Waals surface area contributed by atoms with Gasteiger partial charge in [-0.05, 0) is 48.5 Å². The Morgan fingerprint density at radius 3 is 2.00 bits per heavy atom. The van der Waals surface area contributed by atoms with E-state index in [0.717, 1.165) is 0 Å². The van der Waals surface area contributed by atoms with Gasteiger partial charge >= 0.3 is 5.97 Å². The van der Waals surface area contributed by atoms with Crippen LogP contribution >= 0.6 is 23.2 Å². The van der Waals surface area contributed by atoms with Gasteiger partial charge < -0.3 is 10.1 Å². The lowest BCUT2D eigenvalue weighted by Gasteiger charge is -2.06. The Morgan fingerprint density at radius 1 is 0.840 bits per heavy atom. The number of esters is 1. The van der Waals surface area contributed by atoms with Crippen LogP contribution in [0.2, 0.25) is 10.0 Å². The molecule has 0 bridgehead atoms. The third-order valence-corrected chi connectivity index (χ3v) is 3.72. The quantitative estimate of drug-likeness (QED) is 0.579. The molecule has 2 aromatic rings. The Bertz CT molecular complexity index is 758. The minimum Gasteiger partial charge on any atom is -0.456 e. The number of anilines is 1. The van der Waals surface area contributed by atoms with Gasteiger partial charge in [0.05, 0.1) is 6.42 Å². The van der Waals surface area contributed by atoms with Crippen LogP contribution in [-0.4, -0.2) is 24.3 Å². The van der Waals surface area contributed by atoms with Crippen molar-refractivity contribution in [2.75, 3.05) is 11.9 Å². The molecule has 5 nitrogen and oxygen atoms in total. The Balaban J connectivity index is 1.71. The summed E-state index contributed by atoms with van der Waals surface area (Å²) in [6.07, 6.45) is -0.102. The number of hydrogen-bond donors (Lipinski definition) is 1. The molecular formula is C18H15Cl2NO4. The molecule has 0 aliphatic heterocycles. The van der Waals surface area contributed by atoms with Gasteiger partial charge in [-0.2, -0.15) is 0 Å². The molecule has 2 rings (SSSR count). The van der Waals surface area contributed by atoms with E-state index in [-0.39, 0.29) is 18.6 Å². The van der Waals surface area contributed by atoms with Gasteiger partial charge in [0.1, 0.15) is 0 Å². The van der Waals surface area contributed by atoms with Crippen LogP contribution in [-0.2, 0) is 14.3 Å². The van der Waals surface area contributed by atoms with E-state index in [1.54, 1.807) is 48.5 Å². The zero-order valence-corrected chi connectivity index (χ0v) is 14.6. The zero-order valence-electron chi connectivity index (χ0n) is 13.1. The van der Waals surface area contributed by atoms with Crippen LogP contribution in [0, 0.1) is 0 Å². The first-order valence-electron chi connectivity index (χ1n) is 7.44. The van der Waals surface area contributed by atoms with Crippen molar-refractivity contribution >= 4 is 46.5 Å². The van der Waals surface area contributed by atoms with Crippen LogP contribution in [0.15, 0.2) is 48.5 Å². The smallest absolute Gasteiger partial charge is 0.306 e. The van der Waals surface area contributed by atoms with Gasteiger partial charge in [-0.3, -0.25) is 14.4 Å². The molecule has 0 saturated carbocycles. The molecule has 0 atom stereocenters. The fraction of sp³-hybridized carbons (Fsp3) is 0.167. The highest BCUT2D eigenvalue weighted by molar-refractivity contribution is 6.31. The third kappa shape index (κ3) is 6.57. The molecule has 0 heterocycles. The summed E-state index contributed by atoms with van der Waals surface area (Å²) < 4.78 is 4.85. The number of halogens is 2. The van der Waals surface area contributed by atoms with E-state index >= 15 is 0 Å². The van der Waals surface area contributed by atoms with Gasteiger partial charge in [-0.1, -0.05) is 23.2 Å². The van der Waals surface area contributed by atoms with Crippen LogP contribution in [0.5, 0.6) is 0 Å². The number of carbonyl (C=O) groups is 3. The lowest BCUT2D eigenvalue weighted by molar-refractivity contribution is -0.147. The van der Waals surface area contributed by atoms with E-state index < -0.39 is 18.5 Å². The van der Waals surface area contributed by atoms with Crippen molar-refractivity contribution in [3.8, 4) is 0 Å². The van der Waals surface area contributed by atoms with Crippen molar-refractivity contribution < 1.29 is 19.1 Å². The molecule has 25 heavy (non-hydrogen) atoms. The molecule has 1 N–H and O–H groups in total. The highest BCUT2D eigenvalue weighted by Gasteiger charge is 2.12. The molecule has 0 radical (unpaired) electrons. The fourth-order valence-corrected chi connectivity index (χ4v) is 2.20. The zero-order chi connectivity index (χ0) is 18.2. The SMILES string of the molecule is O=C(COC(=O)CCC(=O)c1ccc(Cl)cc1)Nc1ccc(Cl)cc1. The second-order valence-corrected chi connectivity index (χ2v) is 6.02. The summed E-state index contributed by atoms with van der Waals surface area (Å²) in [7, 11) is 0. The van der Waals surface area contributed by atoms with Crippen LogP contribution < -0.4 is 5.32 Å². The van der Waals surface area contributed by atoms with Gasteiger partial charge in [0.15, 0.2) is 12.4 Å². The minimum absolute atomic E-state index is 0.000725. The molecule has 1 amide bonds. The van der Waals surface area contributed by atoms with Crippen molar-refractivity contribution in [2.24, 2.45) is 0 Å². The van der Waals surface area contributed by atoms with Crippen molar-refractivity contribution in [3.05, 3.63) is 64.1 Å². The molecule has 0 unspecified atom stereocenters. The van der Waals surface area contributed by atoms with Crippen LogP contribution in [0.1, 0.15) is 23.2 Å². The third-order valence-electron chi connectivity index (χ3n) is 3.21. The van der Waals surface area contributed by atoms with Gasteiger partial charge in [-0.25, -0.2) is 0 Å². The van der Waals surface area contributed by atoms with Gasteiger partial charge in [0.2, 0.25) is 0 Å². The first-order chi connectivity index (χ1) is 11.9. The van der Waals surface area contributed by atoms with E-state index in [4.69, 9.17) is 27.9 Å². The molecule has 7 heteroatoms. The number of rotatable bonds is 7. The van der Waals surface area contributed by atoms with Gasteiger partial charge in [0, 0.05) is 27.7 Å². The van der Waals surface area contributed by atoms with E-state index in [0.29, 0.717) is 21.3 Å². The second kappa shape index (κ2) is 9.20. The summed E-state index contributed by atoms with van der Waals surface area (Å²) in [4.78, 5) is 35.3. The van der Waals surface area contributed by atoms with E-state index in [9.17, 15) is 14.4 Å². The molecule has 0 spiro atoms. The van der Waals surface area contributed by atoms with Gasteiger partial charge in [0.25, 0.3) is 5.91 Å². The summed E-state index contributed by atoms with van der Waals surface area (Å²) in [5, 5.41) is 3.65. The van der Waals surface area contributed by atoms with Crippen molar-refractivity contribution in [3.63, 3.8) is 0 Å². The Morgan fingerprint density at radius 2 is 1.40 bits per heavy atom. The van der Waals surface area contributed by atoms with E-state index in [1.807, 2.05) is 0 Å².